The van der Waals surface area contributed by atoms with Crippen LogP contribution in [0.3, 0.4) is 0 Å². The highest BCUT2D eigenvalue weighted by Gasteiger charge is 2.82. The van der Waals surface area contributed by atoms with Gasteiger partial charge in [0, 0.05) is 67.8 Å². The van der Waals surface area contributed by atoms with Crippen molar-refractivity contribution >= 4 is 23.5 Å². The molecule has 1 aliphatic heterocycles. The van der Waals surface area contributed by atoms with Gasteiger partial charge in [0.1, 0.15) is 11.9 Å². The van der Waals surface area contributed by atoms with Crippen molar-refractivity contribution in [1.29, 1.82) is 0 Å². The second-order valence-electron chi connectivity index (χ2n) is 13.8. The summed E-state index contributed by atoms with van der Waals surface area (Å²) in [6.07, 6.45) is -2.11. The molecular weight excluding hydrogens is 548 g/mol. The number of furan rings is 1. The maximum absolute atomic E-state index is 15.0. The summed E-state index contributed by atoms with van der Waals surface area (Å²) < 4.78 is 28.9. The van der Waals surface area contributed by atoms with Crippen LogP contribution in [0.5, 0.6) is 0 Å². The minimum atomic E-state index is -1.33. The minimum Gasteiger partial charge on any atom is -0.472 e. The number of ether oxygens (including phenoxy) is 4. The average Bonchev–Trinajstić information content (AvgIpc) is 3.53. The number of methoxy groups -OCH3 is 1. The molecule has 0 radical (unpaired) electrons. The first kappa shape index (κ1) is 29.5. The third-order valence-electron chi connectivity index (χ3n) is 12.1. The number of esters is 2. The normalized spacial score (nSPS) is 49.5. The van der Waals surface area contributed by atoms with Crippen LogP contribution in [0.25, 0.3) is 0 Å². The van der Waals surface area contributed by atoms with E-state index in [0.717, 1.165) is 0 Å². The van der Waals surface area contributed by atoms with E-state index in [1.54, 1.807) is 19.9 Å². The topological polar surface area (TPSA) is 159 Å². The fourth-order valence-electron chi connectivity index (χ4n) is 10.6. The molecule has 0 unspecified atom stereocenters. The molecule has 42 heavy (non-hydrogen) atoms. The summed E-state index contributed by atoms with van der Waals surface area (Å²) in [6.45, 7) is 7.81. The van der Waals surface area contributed by atoms with Gasteiger partial charge in [-0.15, -0.1) is 0 Å². The molecule has 0 aromatic carbocycles. The zero-order valence-corrected chi connectivity index (χ0v) is 24.8. The molecule has 5 fully saturated rings. The van der Waals surface area contributed by atoms with Gasteiger partial charge in [0.25, 0.3) is 0 Å². The van der Waals surface area contributed by atoms with Crippen LogP contribution in [0.1, 0.15) is 65.4 Å². The summed E-state index contributed by atoms with van der Waals surface area (Å²) in [5, 5.41) is 24.2. The van der Waals surface area contributed by atoms with Crippen LogP contribution < -0.4 is 0 Å². The molecule has 13 atom stereocenters. The predicted molar refractivity (Wildman–Crippen MR) is 142 cm³/mol. The highest BCUT2D eigenvalue weighted by Crippen LogP contribution is 2.75. The van der Waals surface area contributed by atoms with Gasteiger partial charge in [0.15, 0.2) is 18.2 Å². The Morgan fingerprint density at radius 2 is 1.64 bits per heavy atom. The number of hydrogen-bond acceptors (Lipinski definition) is 11. The number of aliphatic hydroxyl groups is 2. The summed E-state index contributed by atoms with van der Waals surface area (Å²) in [4.78, 5) is 53.9. The van der Waals surface area contributed by atoms with Gasteiger partial charge >= 0.3 is 11.9 Å². The van der Waals surface area contributed by atoms with Crippen LogP contribution in [0.4, 0.5) is 0 Å². The molecule has 6 rings (SSSR count). The third-order valence-corrected chi connectivity index (χ3v) is 12.1. The number of Topliss-reactive ketones (excluding diaryl/α,β-unsaturated/α-hetero) is 2. The van der Waals surface area contributed by atoms with Crippen molar-refractivity contribution in [2.45, 2.75) is 90.5 Å². The molecule has 1 aromatic rings. The van der Waals surface area contributed by atoms with Gasteiger partial charge in [-0.1, -0.05) is 20.8 Å². The molecule has 11 heteroatoms. The van der Waals surface area contributed by atoms with Crippen LogP contribution in [-0.4, -0.2) is 78.1 Å². The lowest BCUT2D eigenvalue weighted by Gasteiger charge is -2.73. The molecule has 2 heterocycles. The quantitative estimate of drug-likeness (QED) is 0.497. The maximum Gasteiger partial charge on any atom is 0.303 e. The van der Waals surface area contributed by atoms with Crippen molar-refractivity contribution in [1.82, 2.24) is 0 Å². The fraction of sp³-hybridized carbons (Fsp3) is 0.742. The lowest BCUT2D eigenvalue weighted by atomic mass is 9.33. The Bertz CT molecular complexity index is 1310. The minimum absolute atomic E-state index is 0.0114. The molecule has 11 nitrogen and oxygen atoms in total. The van der Waals surface area contributed by atoms with Crippen LogP contribution in [-0.2, 0) is 38.1 Å². The Morgan fingerprint density at radius 3 is 2.24 bits per heavy atom. The number of carbonyl (C=O) groups excluding carboxylic acids is 4. The first-order valence-electron chi connectivity index (χ1n) is 14.6. The molecule has 2 bridgehead atoms. The molecular formula is C31H40O11. The van der Waals surface area contributed by atoms with Crippen LogP contribution in [0, 0.1) is 39.4 Å². The maximum atomic E-state index is 15.0. The van der Waals surface area contributed by atoms with Crippen molar-refractivity contribution in [3.63, 3.8) is 0 Å². The summed E-state index contributed by atoms with van der Waals surface area (Å²) in [5.41, 5.74) is -4.13. The molecule has 5 aliphatic rings. The van der Waals surface area contributed by atoms with Gasteiger partial charge in [-0.05, 0) is 24.0 Å². The van der Waals surface area contributed by atoms with E-state index in [4.69, 9.17) is 23.4 Å². The Hall–Kier alpha value is -2.60. The molecule has 4 saturated carbocycles. The van der Waals surface area contributed by atoms with E-state index in [1.165, 1.54) is 33.5 Å². The standard InChI is InChI=1S/C31H40O11/c1-14(32)41-22-11-21(36)31-13-40-27(38-6)29(22,4)19(31)10-20(35)30(5)24-18(34)9-17(16-7-8-39-12-16)28(24,3)26(42-15(2)33)23(37)25(30)31/h7-8,12,17,19-22,24-27,35-36H,9-11,13H2,1-6H3/t17-,19-,20+,21-,22+,24+,25-,26-,27-,28-,29+,30-,31+/m0/s1. The molecule has 2 N–H and O–H groups in total. The summed E-state index contributed by atoms with van der Waals surface area (Å²) in [6, 6.07) is 1.74. The largest absolute Gasteiger partial charge is 0.472 e. The number of fused-ring (bicyclic) bond motifs is 3. The van der Waals surface area contributed by atoms with E-state index < -0.39 is 93.8 Å². The van der Waals surface area contributed by atoms with Gasteiger partial charge in [-0.2, -0.15) is 0 Å². The Morgan fingerprint density at radius 1 is 0.952 bits per heavy atom. The van der Waals surface area contributed by atoms with E-state index in [1.807, 2.05) is 6.92 Å². The van der Waals surface area contributed by atoms with E-state index in [-0.39, 0.29) is 31.7 Å². The van der Waals surface area contributed by atoms with Crippen LogP contribution in [0.2, 0.25) is 0 Å². The fourth-order valence-corrected chi connectivity index (χ4v) is 10.6. The van der Waals surface area contributed by atoms with Crippen LogP contribution in [0.15, 0.2) is 23.0 Å². The average molecular weight is 589 g/mol. The summed E-state index contributed by atoms with van der Waals surface area (Å²) >= 11 is 0. The molecule has 1 saturated heterocycles. The second kappa shape index (κ2) is 9.45. The highest BCUT2D eigenvalue weighted by molar-refractivity contribution is 5.97. The van der Waals surface area contributed by atoms with Crippen molar-refractivity contribution in [2.75, 3.05) is 13.7 Å². The predicted octanol–water partition coefficient (Wildman–Crippen LogP) is 2.17. The first-order chi connectivity index (χ1) is 19.7. The monoisotopic (exact) mass is 588 g/mol. The van der Waals surface area contributed by atoms with Gasteiger partial charge in [0.05, 0.1) is 36.8 Å². The van der Waals surface area contributed by atoms with E-state index in [0.29, 0.717) is 5.56 Å². The highest BCUT2D eigenvalue weighted by atomic mass is 16.7. The van der Waals surface area contributed by atoms with Gasteiger partial charge < -0.3 is 33.6 Å². The molecule has 230 valence electrons. The number of aliphatic hydroxyl groups excluding tert-OH is 2. The summed E-state index contributed by atoms with van der Waals surface area (Å²) in [5.74, 6) is -4.90. The molecule has 0 amide bonds. The molecule has 1 aromatic heterocycles. The second-order valence-corrected chi connectivity index (χ2v) is 13.8. The number of rotatable bonds is 4. The van der Waals surface area contributed by atoms with Crippen molar-refractivity contribution in [3.05, 3.63) is 24.2 Å². The number of hydrogen-bond donors (Lipinski definition) is 2. The van der Waals surface area contributed by atoms with Crippen LogP contribution >= 0.6 is 0 Å². The number of carbonyl (C=O) groups is 4. The van der Waals surface area contributed by atoms with Gasteiger partial charge in [-0.3, -0.25) is 19.2 Å². The lowest BCUT2D eigenvalue weighted by molar-refractivity contribution is -0.375. The SMILES string of the molecule is CO[C@H]1OC[C@]23[C@@H](O)C[C@@H](OC(C)=O)[C@@]1(C)[C@@H]2C[C@@H](O)[C@@]1(C)[C@@H]2C(=O)C[C@@H](c4ccoc4)[C@]2(C)[C@@H](OC(C)=O)C(=O)[C@@H]13. The summed E-state index contributed by atoms with van der Waals surface area (Å²) in [7, 11) is 1.48. The van der Waals surface area contributed by atoms with Crippen molar-refractivity contribution < 1.29 is 52.8 Å². The molecule has 4 aliphatic carbocycles. The zero-order valence-electron chi connectivity index (χ0n) is 24.8. The van der Waals surface area contributed by atoms with Gasteiger partial charge in [-0.25, -0.2) is 0 Å². The van der Waals surface area contributed by atoms with E-state index in [2.05, 4.69) is 0 Å². The van der Waals surface area contributed by atoms with Crippen molar-refractivity contribution in [3.8, 4) is 0 Å². The Balaban J connectivity index is 1.57. The first-order valence-corrected chi connectivity index (χ1v) is 14.6. The van der Waals surface area contributed by atoms with Crippen molar-refractivity contribution in [2.24, 2.45) is 39.4 Å². The Labute approximate surface area is 244 Å². The smallest absolute Gasteiger partial charge is 0.303 e. The van der Waals surface area contributed by atoms with E-state index in [9.17, 15) is 24.6 Å². The van der Waals surface area contributed by atoms with Gasteiger partial charge in [0.2, 0.25) is 0 Å². The third kappa shape index (κ3) is 3.42. The Kier molecular flexibility index (Phi) is 6.63. The lowest BCUT2D eigenvalue weighted by Crippen LogP contribution is -2.80. The molecule has 0 spiro atoms. The number of ketones is 2. The zero-order chi connectivity index (χ0) is 30.6. The van der Waals surface area contributed by atoms with E-state index >= 15 is 4.79 Å².